The summed E-state index contributed by atoms with van der Waals surface area (Å²) in [5, 5.41) is 9.69. The average Bonchev–Trinajstić information content (AvgIpc) is 2.49. The number of aromatic amines is 1. The first-order valence-corrected chi connectivity index (χ1v) is 4.00. The number of rotatable bonds is 1. The van der Waals surface area contributed by atoms with E-state index in [0.29, 0.717) is 0 Å². The summed E-state index contributed by atoms with van der Waals surface area (Å²) in [6, 6.07) is 7.40. The molecule has 0 saturated carbocycles. The molecule has 0 amide bonds. The summed E-state index contributed by atoms with van der Waals surface area (Å²) in [5.41, 5.74) is 2.20. The van der Waals surface area contributed by atoms with Crippen molar-refractivity contribution < 1.29 is 9.90 Å². The van der Waals surface area contributed by atoms with Gasteiger partial charge in [-0.2, -0.15) is 0 Å². The van der Waals surface area contributed by atoms with Gasteiger partial charge in [0, 0.05) is 10.9 Å². The normalized spacial score (nSPS) is 10.5. The molecule has 0 aliphatic heterocycles. The van der Waals surface area contributed by atoms with Crippen LogP contribution in [0, 0.1) is 6.92 Å². The third-order valence-electron chi connectivity index (χ3n) is 2.09. The van der Waals surface area contributed by atoms with Gasteiger partial charge < -0.3 is 10.1 Å². The number of aryl methyl sites for hydroxylation is 1. The fraction of sp³-hybridized carbons (Fsp3) is 0.100. The number of aromatic carboxylic acids is 1. The number of fused-ring (bicyclic) bond motifs is 1. The first-order chi connectivity index (χ1) is 6.18. The number of carbonyl (C=O) groups is 1. The summed E-state index contributed by atoms with van der Waals surface area (Å²) in [7, 11) is 0. The minimum atomic E-state index is -0.921. The van der Waals surface area contributed by atoms with Gasteiger partial charge in [-0.25, -0.2) is 4.79 Å². The van der Waals surface area contributed by atoms with Crippen LogP contribution in [0.25, 0.3) is 10.9 Å². The molecular weight excluding hydrogens is 166 g/mol. The van der Waals surface area contributed by atoms with Crippen molar-refractivity contribution in [2.24, 2.45) is 0 Å². The Hall–Kier alpha value is -1.77. The van der Waals surface area contributed by atoms with Gasteiger partial charge in [-0.3, -0.25) is 0 Å². The number of carboxylic acid groups (broad SMARTS) is 1. The van der Waals surface area contributed by atoms with Crippen LogP contribution in [0.4, 0.5) is 0 Å². The molecule has 2 aromatic rings. The van der Waals surface area contributed by atoms with Gasteiger partial charge in [-0.1, -0.05) is 18.2 Å². The molecule has 0 radical (unpaired) electrons. The van der Waals surface area contributed by atoms with E-state index in [2.05, 4.69) is 4.98 Å². The highest BCUT2D eigenvalue weighted by molar-refractivity contribution is 5.94. The standard InChI is InChI=1S/C10H9NO2/c1-6-3-2-4-7-5-8(10(12)13)11-9(6)7/h2-5,11H,1H3,(H,12,13). The number of nitrogens with one attached hydrogen (secondary N) is 1. The van der Waals surface area contributed by atoms with Gasteiger partial charge in [0.15, 0.2) is 0 Å². The maximum atomic E-state index is 10.7. The van der Waals surface area contributed by atoms with E-state index in [9.17, 15) is 4.79 Å². The lowest BCUT2D eigenvalue weighted by Gasteiger charge is -1.92. The zero-order chi connectivity index (χ0) is 9.42. The minimum absolute atomic E-state index is 0.240. The molecule has 0 aliphatic rings. The van der Waals surface area contributed by atoms with Gasteiger partial charge in [-0.05, 0) is 18.6 Å². The Bertz CT molecular complexity index is 471. The van der Waals surface area contributed by atoms with E-state index in [1.807, 2.05) is 25.1 Å². The van der Waals surface area contributed by atoms with E-state index in [1.54, 1.807) is 6.07 Å². The largest absolute Gasteiger partial charge is 0.477 e. The second-order valence-electron chi connectivity index (χ2n) is 3.03. The van der Waals surface area contributed by atoms with E-state index in [1.165, 1.54) is 0 Å². The van der Waals surface area contributed by atoms with Crippen LogP contribution in [0.2, 0.25) is 0 Å². The van der Waals surface area contributed by atoms with Crippen molar-refractivity contribution in [3.8, 4) is 0 Å². The van der Waals surface area contributed by atoms with Crippen LogP contribution in [0.3, 0.4) is 0 Å². The fourth-order valence-corrected chi connectivity index (χ4v) is 1.42. The second-order valence-corrected chi connectivity index (χ2v) is 3.03. The molecule has 66 valence electrons. The Morgan fingerprint density at radius 2 is 2.23 bits per heavy atom. The molecule has 0 atom stereocenters. The van der Waals surface area contributed by atoms with Gasteiger partial charge in [0.05, 0.1) is 0 Å². The predicted octanol–water partition coefficient (Wildman–Crippen LogP) is 2.17. The molecule has 1 aromatic carbocycles. The SMILES string of the molecule is Cc1cccc2cc(C(=O)O)[nH]c12. The molecular formula is C10H9NO2. The number of H-pyrrole nitrogens is 1. The van der Waals surface area contributed by atoms with Crippen LogP contribution < -0.4 is 0 Å². The Labute approximate surface area is 75.0 Å². The molecule has 0 fully saturated rings. The lowest BCUT2D eigenvalue weighted by atomic mass is 10.2. The Morgan fingerprint density at radius 3 is 2.85 bits per heavy atom. The molecule has 13 heavy (non-hydrogen) atoms. The summed E-state index contributed by atoms with van der Waals surface area (Å²) in [6.45, 7) is 1.95. The van der Waals surface area contributed by atoms with Crippen LogP contribution in [0.1, 0.15) is 16.1 Å². The van der Waals surface area contributed by atoms with Gasteiger partial charge >= 0.3 is 5.97 Å². The van der Waals surface area contributed by atoms with E-state index < -0.39 is 5.97 Å². The molecule has 2 N–H and O–H groups in total. The Balaban J connectivity index is 2.75. The van der Waals surface area contributed by atoms with E-state index >= 15 is 0 Å². The molecule has 0 aliphatic carbocycles. The van der Waals surface area contributed by atoms with Crippen LogP contribution in [-0.4, -0.2) is 16.1 Å². The molecule has 3 nitrogen and oxygen atoms in total. The molecule has 0 spiro atoms. The summed E-state index contributed by atoms with van der Waals surface area (Å²) in [6.07, 6.45) is 0. The smallest absolute Gasteiger partial charge is 0.352 e. The number of hydrogen-bond acceptors (Lipinski definition) is 1. The van der Waals surface area contributed by atoms with Crippen molar-refractivity contribution in [1.29, 1.82) is 0 Å². The number of benzene rings is 1. The van der Waals surface area contributed by atoms with Crippen molar-refractivity contribution in [3.63, 3.8) is 0 Å². The molecule has 0 unspecified atom stereocenters. The first kappa shape index (κ1) is 7.86. The third kappa shape index (κ3) is 1.18. The Kier molecular flexibility index (Phi) is 1.59. The summed E-state index contributed by atoms with van der Waals surface area (Å²) in [5.74, 6) is -0.921. The molecule has 0 bridgehead atoms. The van der Waals surface area contributed by atoms with Crippen molar-refractivity contribution in [2.45, 2.75) is 6.92 Å². The third-order valence-corrected chi connectivity index (χ3v) is 2.09. The first-order valence-electron chi connectivity index (χ1n) is 4.00. The van der Waals surface area contributed by atoms with Crippen LogP contribution in [0.5, 0.6) is 0 Å². The van der Waals surface area contributed by atoms with Gasteiger partial charge in [0.25, 0.3) is 0 Å². The summed E-state index contributed by atoms with van der Waals surface area (Å²) >= 11 is 0. The monoisotopic (exact) mass is 175 g/mol. The summed E-state index contributed by atoms with van der Waals surface area (Å²) in [4.78, 5) is 13.5. The highest BCUT2D eigenvalue weighted by atomic mass is 16.4. The van der Waals surface area contributed by atoms with E-state index in [0.717, 1.165) is 16.5 Å². The van der Waals surface area contributed by atoms with E-state index in [-0.39, 0.29) is 5.69 Å². The molecule has 2 rings (SSSR count). The zero-order valence-corrected chi connectivity index (χ0v) is 7.16. The minimum Gasteiger partial charge on any atom is -0.477 e. The summed E-state index contributed by atoms with van der Waals surface area (Å²) < 4.78 is 0. The number of hydrogen-bond donors (Lipinski definition) is 2. The second kappa shape index (κ2) is 2.62. The molecule has 3 heteroatoms. The quantitative estimate of drug-likeness (QED) is 0.697. The molecule has 1 aromatic heterocycles. The van der Waals surface area contributed by atoms with E-state index in [4.69, 9.17) is 5.11 Å². The van der Waals surface area contributed by atoms with Gasteiger partial charge in [-0.15, -0.1) is 0 Å². The van der Waals surface area contributed by atoms with Crippen molar-refractivity contribution in [1.82, 2.24) is 4.98 Å². The number of carboxylic acids is 1. The Morgan fingerprint density at radius 1 is 1.46 bits per heavy atom. The fourth-order valence-electron chi connectivity index (χ4n) is 1.42. The number of para-hydroxylation sites is 1. The van der Waals surface area contributed by atoms with Crippen LogP contribution in [-0.2, 0) is 0 Å². The van der Waals surface area contributed by atoms with Crippen molar-refractivity contribution in [2.75, 3.05) is 0 Å². The topological polar surface area (TPSA) is 53.1 Å². The maximum absolute atomic E-state index is 10.7. The highest BCUT2D eigenvalue weighted by Gasteiger charge is 2.07. The van der Waals surface area contributed by atoms with Gasteiger partial charge in [0.2, 0.25) is 0 Å². The van der Waals surface area contributed by atoms with Gasteiger partial charge in [0.1, 0.15) is 5.69 Å². The highest BCUT2D eigenvalue weighted by Crippen LogP contribution is 2.18. The van der Waals surface area contributed by atoms with Crippen molar-refractivity contribution >= 4 is 16.9 Å². The molecule has 0 saturated heterocycles. The zero-order valence-electron chi connectivity index (χ0n) is 7.16. The molecule has 1 heterocycles. The lowest BCUT2D eigenvalue weighted by Crippen LogP contribution is -1.94. The van der Waals surface area contributed by atoms with Crippen molar-refractivity contribution in [3.05, 3.63) is 35.5 Å². The number of aromatic nitrogens is 1. The maximum Gasteiger partial charge on any atom is 0.352 e. The average molecular weight is 175 g/mol. The van der Waals surface area contributed by atoms with Crippen LogP contribution in [0.15, 0.2) is 24.3 Å². The van der Waals surface area contributed by atoms with Crippen LogP contribution >= 0.6 is 0 Å². The predicted molar refractivity (Wildman–Crippen MR) is 50.0 cm³/mol. The lowest BCUT2D eigenvalue weighted by molar-refractivity contribution is 0.0691.